The molecule has 7 atom stereocenters. The Morgan fingerprint density at radius 2 is 1.91 bits per heavy atom. The van der Waals surface area contributed by atoms with Gasteiger partial charge in [0.25, 0.3) is 0 Å². The van der Waals surface area contributed by atoms with Crippen LogP contribution in [0, 0.1) is 40.4 Å². The molecule has 0 radical (unpaired) electrons. The summed E-state index contributed by atoms with van der Waals surface area (Å²) < 4.78 is 130. The van der Waals surface area contributed by atoms with Gasteiger partial charge >= 0.3 is 0 Å². The third-order valence-electron chi connectivity index (χ3n) is 8.70. The molecule has 194 valence electrons. The molecule has 0 aromatic heterocycles. The second kappa shape index (κ2) is 9.84. The zero-order chi connectivity index (χ0) is 36.6. The second-order valence-electron chi connectivity index (χ2n) is 12.7. The molecule has 0 aliphatic heterocycles. The van der Waals surface area contributed by atoms with Crippen LogP contribution >= 0.6 is 0 Å². The van der Waals surface area contributed by atoms with E-state index in [4.69, 9.17) is 4.43 Å². The van der Waals surface area contributed by atoms with Gasteiger partial charge < -0.3 is 4.43 Å². The van der Waals surface area contributed by atoms with Crippen molar-refractivity contribution in [1.82, 2.24) is 0 Å². The van der Waals surface area contributed by atoms with Crippen LogP contribution in [0.4, 0.5) is 0 Å². The van der Waals surface area contributed by atoms with Crippen molar-refractivity contribution in [2.75, 3.05) is 0 Å². The fourth-order valence-electron chi connectivity index (χ4n) is 6.46. The smallest absolute Gasteiger partial charge is 0.184 e. The summed E-state index contributed by atoms with van der Waals surface area (Å²) in [7, 11) is -2.17. The second-order valence-corrected chi connectivity index (χ2v) is 17.2. The minimum absolute atomic E-state index is 0.0237. The zero-order valence-corrected chi connectivity index (χ0v) is 24.0. The van der Waals surface area contributed by atoms with E-state index in [1.165, 1.54) is 13.8 Å². The molecule has 0 aromatic carbocycles. The van der Waals surface area contributed by atoms with Crippen LogP contribution < -0.4 is 0 Å². The molecular weight excluding hydrogens is 428 g/mol. The van der Waals surface area contributed by atoms with Crippen LogP contribution in [0.2, 0.25) is 19.6 Å². The Morgan fingerprint density at radius 1 is 1.18 bits per heavy atom. The number of rotatable bonds is 8. The topological polar surface area (TPSA) is 9.23 Å². The molecule has 0 amide bonds. The van der Waals surface area contributed by atoms with Crippen molar-refractivity contribution in [2.24, 2.45) is 40.4 Å². The lowest BCUT2D eigenvalue weighted by molar-refractivity contribution is 0.0316. The van der Waals surface area contributed by atoms with Gasteiger partial charge in [0.15, 0.2) is 8.32 Å². The van der Waals surface area contributed by atoms with E-state index in [-0.39, 0.29) is 18.8 Å². The minimum atomic E-state index is -3.12. The molecule has 1 saturated carbocycles. The van der Waals surface area contributed by atoms with Gasteiger partial charge in [-0.15, -0.1) is 0 Å². The highest BCUT2D eigenvalue weighted by Crippen LogP contribution is 2.64. The van der Waals surface area contributed by atoms with Crippen molar-refractivity contribution in [3.8, 4) is 0 Å². The molecular formula is C32H56OSi. The summed E-state index contributed by atoms with van der Waals surface area (Å²) in [5.74, 6) is -4.99. The monoisotopic (exact) mass is 497 g/mol. The maximum atomic E-state index is 9.96. The van der Waals surface area contributed by atoms with Crippen LogP contribution in [0.1, 0.15) is 130 Å². The van der Waals surface area contributed by atoms with Crippen molar-refractivity contribution in [2.45, 2.75) is 138 Å². The van der Waals surface area contributed by atoms with Gasteiger partial charge in [0.2, 0.25) is 0 Å². The molecule has 1 nitrogen and oxygen atoms in total. The first kappa shape index (κ1) is 14.6. The maximum absolute atomic E-state index is 9.96. The van der Waals surface area contributed by atoms with E-state index in [1.807, 2.05) is 19.6 Å². The van der Waals surface area contributed by atoms with Crippen LogP contribution in [0.5, 0.6) is 0 Å². The van der Waals surface area contributed by atoms with Gasteiger partial charge in [0, 0.05) is 22.6 Å². The molecule has 2 heteroatoms. The van der Waals surface area contributed by atoms with E-state index < -0.39 is 97.6 Å². The van der Waals surface area contributed by atoms with E-state index in [0.29, 0.717) is 25.2 Å². The predicted molar refractivity (Wildman–Crippen MR) is 150 cm³/mol. The van der Waals surface area contributed by atoms with Crippen molar-refractivity contribution in [3.63, 3.8) is 0 Å². The van der Waals surface area contributed by atoms with Crippen molar-refractivity contribution < 1.29 is 22.2 Å². The molecule has 0 N–H and O–H groups in total. The van der Waals surface area contributed by atoms with Crippen LogP contribution in [-0.4, -0.2) is 14.4 Å². The third-order valence-corrected chi connectivity index (χ3v) is 9.74. The molecule has 0 saturated heterocycles. The van der Waals surface area contributed by atoms with Gasteiger partial charge in [-0.05, 0) is 129 Å². The maximum Gasteiger partial charge on any atom is 0.184 e. The zero-order valence-electron chi connectivity index (χ0n) is 36.0. The Morgan fingerprint density at radius 3 is 2.56 bits per heavy atom. The SMILES string of the molecule is [2H]C1=C2C3=C(C([2H])([2H])C([2H])([2H])[C@]2(C)[C@@]([2H])([C@H](C)CC[C@@H](CC)C(C)C)C1([2H])[2H])[C@@]1(C)CC[C@H](O[Si](C)(C)C)C[C@]1([2H])C([2H])([2H])C3([2H])[2H]. The van der Waals surface area contributed by atoms with Gasteiger partial charge in [-0.25, -0.2) is 0 Å². The van der Waals surface area contributed by atoms with E-state index >= 15 is 0 Å². The lowest BCUT2D eigenvalue weighted by Crippen LogP contribution is -2.46. The lowest BCUT2D eigenvalue weighted by atomic mass is 9.51. The fourth-order valence-corrected chi connectivity index (χ4v) is 7.66. The Balaban J connectivity index is 2.06. The third kappa shape index (κ3) is 4.93. The summed E-state index contributed by atoms with van der Waals surface area (Å²) in [5.41, 5.74) is -5.48. The summed E-state index contributed by atoms with van der Waals surface area (Å²) in [4.78, 5) is 0. The molecule has 0 spiro atoms. The number of hydrogen-bond donors (Lipinski definition) is 0. The highest BCUT2D eigenvalue weighted by molar-refractivity contribution is 6.69. The molecule has 4 rings (SSSR count). The Bertz CT molecular complexity index is 1350. The number of fused-ring (bicyclic) bond motifs is 4. The van der Waals surface area contributed by atoms with Crippen molar-refractivity contribution in [1.29, 1.82) is 0 Å². The lowest BCUT2D eigenvalue weighted by Gasteiger charge is -2.54. The minimum Gasteiger partial charge on any atom is -0.415 e. The molecule has 1 fully saturated rings. The van der Waals surface area contributed by atoms with Crippen LogP contribution in [-0.2, 0) is 4.43 Å². The summed E-state index contributed by atoms with van der Waals surface area (Å²) >= 11 is 0. The standard InChI is InChI=1S/C32H56OSi/c1-10-24(22(2)3)12-11-23(4)28-15-16-29-27-14-13-25-21-26(33-34(7,8)9)17-19-31(25,5)30(27)18-20-32(28,29)6/h16,22-26,28H,10-15,17-21H2,1-9H3/t23-,24-,25+,26+,28-,31+,32-/m1/s1/i13D2,14D2,15D2,16D,18D2,20D2,25D,28D. The van der Waals surface area contributed by atoms with Gasteiger partial charge in [-0.2, -0.15) is 0 Å². The van der Waals surface area contributed by atoms with Gasteiger partial charge in [0.1, 0.15) is 0 Å². The summed E-state index contributed by atoms with van der Waals surface area (Å²) in [6.45, 7) is 16.6. The Labute approximate surface area is 232 Å². The van der Waals surface area contributed by atoms with Crippen LogP contribution in [0.15, 0.2) is 22.8 Å². The number of allylic oxidation sites excluding steroid dienone is 4. The highest BCUT2D eigenvalue weighted by atomic mass is 28.4. The number of hydrogen-bond acceptors (Lipinski definition) is 1. The van der Waals surface area contributed by atoms with E-state index in [0.717, 1.165) is 6.42 Å². The van der Waals surface area contributed by atoms with E-state index in [1.54, 1.807) is 6.92 Å². The molecule has 0 aromatic rings. The molecule has 34 heavy (non-hydrogen) atoms. The van der Waals surface area contributed by atoms with Gasteiger partial charge in [-0.1, -0.05) is 66.0 Å². The molecule has 0 heterocycles. The van der Waals surface area contributed by atoms with Crippen molar-refractivity contribution in [3.05, 3.63) is 22.8 Å². The van der Waals surface area contributed by atoms with Crippen molar-refractivity contribution >= 4 is 8.32 Å². The largest absolute Gasteiger partial charge is 0.415 e. The summed E-state index contributed by atoms with van der Waals surface area (Å²) in [6.07, 6.45) is -13.6. The molecule has 4 aliphatic carbocycles. The van der Waals surface area contributed by atoms with Gasteiger partial charge in [-0.3, -0.25) is 0 Å². The Hall–Kier alpha value is -0.343. The summed E-state index contributed by atoms with van der Waals surface area (Å²) in [5, 5.41) is 0. The van der Waals surface area contributed by atoms with Crippen LogP contribution in [0.25, 0.3) is 0 Å². The van der Waals surface area contributed by atoms with Crippen LogP contribution in [0.3, 0.4) is 0 Å². The average molecular weight is 498 g/mol. The predicted octanol–water partition coefficient (Wildman–Crippen LogP) is 9.95. The molecule has 0 unspecified atom stereocenters. The Kier molecular flexibility index (Phi) is 4.21. The molecule has 0 bridgehead atoms. The quantitative estimate of drug-likeness (QED) is 0.303. The fraction of sp³-hybridized carbons (Fsp3) is 0.875. The first-order chi connectivity index (χ1) is 20.8. The molecule has 4 aliphatic rings. The van der Waals surface area contributed by atoms with E-state index in [9.17, 15) is 17.8 Å². The average Bonchev–Trinajstić information content (AvgIpc) is 3.03. The summed E-state index contributed by atoms with van der Waals surface area (Å²) in [6, 6.07) is -0.791. The highest BCUT2D eigenvalue weighted by Gasteiger charge is 2.53. The first-order valence-electron chi connectivity index (χ1n) is 20.0. The normalized spacial score (nSPS) is 55.4. The van der Waals surface area contributed by atoms with Gasteiger partial charge in [0.05, 0.1) is 1.37 Å². The van der Waals surface area contributed by atoms with E-state index in [2.05, 4.69) is 20.8 Å². The first-order valence-corrected chi connectivity index (χ1v) is 16.9.